The number of halogens is 1. The largest absolute Gasteiger partial charge is 0.495 e. The molecule has 150 valence electrons. The van der Waals surface area contributed by atoms with Crippen LogP contribution in [0.3, 0.4) is 0 Å². The van der Waals surface area contributed by atoms with Crippen molar-refractivity contribution in [1.29, 1.82) is 0 Å². The minimum Gasteiger partial charge on any atom is -0.495 e. The van der Waals surface area contributed by atoms with Gasteiger partial charge in [0.1, 0.15) is 5.75 Å². The molecule has 2 heterocycles. The fraction of sp³-hybridized carbons (Fsp3) is 0.400. The van der Waals surface area contributed by atoms with Crippen LogP contribution in [0.25, 0.3) is 0 Å². The van der Waals surface area contributed by atoms with E-state index in [0.29, 0.717) is 29.5 Å². The molecule has 2 aromatic rings. The first-order valence-corrected chi connectivity index (χ1v) is 10.3. The van der Waals surface area contributed by atoms with Gasteiger partial charge in [-0.3, -0.25) is 9.59 Å². The normalized spacial score (nSPS) is 17.8. The fourth-order valence-corrected chi connectivity index (χ4v) is 4.44. The summed E-state index contributed by atoms with van der Waals surface area (Å²) in [6.45, 7) is 0.810. The van der Waals surface area contributed by atoms with Gasteiger partial charge in [0.15, 0.2) is 0 Å². The Balaban J connectivity index is 1.66. The Kier molecular flexibility index (Phi) is 6.59. The van der Waals surface area contributed by atoms with Gasteiger partial charge in [0.25, 0.3) is 0 Å². The lowest BCUT2D eigenvalue weighted by atomic mass is 10.1. The van der Waals surface area contributed by atoms with E-state index in [1.54, 1.807) is 41.5 Å². The van der Waals surface area contributed by atoms with Crippen LogP contribution in [-0.4, -0.2) is 51.0 Å². The van der Waals surface area contributed by atoms with E-state index in [2.05, 4.69) is 16.3 Å². The van der Waals surface area contributed by atoms with Gasteiger partial charge in [0, 0.05) is 29.4 Å². The van der Waals surface area contributed by atoms with Crippen molar-refractivity contribution >= 4 is 40.4 Å². The molecule has 1 fully saturated rings. The molecule has 1 aliphatic heterocycles. The van der Waals surface area contributed by atoms with Crippen LogP contribution in [0.15, 0.2) is 35.7 Å². The molecule has 0 saturated carbocycles. The van der Waals surface area contributed by atoms with Crippen LogP contribution in [0, 0.1) is 5.92 Å². The van der Waals surface area contributed by atoms with Crippen molar-refractivity contribution in [3.63, 3.8) is 0 Å². The van der Waals surface area contributed by atoms with Gasteiger partial charge in [0.05, 0.1) is 24.8 Å². The summed E-state index contributed by atoms with van der Waals surface area (Å²) >= 11 is 7.75. The van der Waals surface area contributed by atoms with E-state index < -0.39 is 5.92 Å². The summed E-state index contributed by atoms with van der Waals surface area (Å²) in [5.74, 6) is -0.0603. The summed E-state index contributed by atoms with van der Waals surface area (Å²) in [7, 11) is 5.52. The molecule has 2 amide bonds. The first kappa shape index (κ1) is 20.6. The maximum atomic E-state index is 12.7. The van der Waals surface area contributed by atoms with Crippen molar-refractivity contribution in [3.05, 3.63) is 45.6 Å². The van der Waals surface area contributed by atoms with Crippen LogP contribution in [0.1, 0.15) is 17.3 Å². The van der Waals surface area contributed by atoms with Crippen LogP contribution in [0.2, 0.25) is 5.02 Å². The van der Waals surface area contributed by atoms with Gasteiger partial charge < -0.3 is 19.9 Å². The molecule has 1 saturated heterocycles. The summed E-state index contributed by atoms with van der Waals surface area (Å²) in [4.78, 5) is 30.1. The average Bonchev–Trinajstić information content (AvgIpc) is 3.31. The molecule has 3 rings (SSSR count). The summed E-state index contributed by atoms with van der Waals surface area (Å²) in [5, 5.41) is 5.56. The van der Waals surface area contributed by atoms with Crippen molar-refractivity contribution in [2.75, 3.05) is 39.2 Å². The molecule has 0 spiro atoms. The summed E-state index contributed by atoms with van der Waals surface area (Å²) in [6, 6.07) is 9.29. The monoisotopic (exact) mass is 421 g/mol. The number of carbonyl (C=O) groups is 2. The van der Waals surface area contributed by atoms with Gasteiger partial charge in [-0.05, 0) is 43.7 Å². The molecule has 8 heteroatoms. The molecule has 1 aromatic heterocycles. The standard InChI is InChI=1S/C20H24ClN3O3S/c1-23(2)16(18-5-4-8-28-18)11-22-20(26)13-9-19(25)24(12-13)15-10-14(21)6-7-17(15)27-3/h4-8,10,13,16H,9,11-12H2,1-3H3,(H,22,26)/t13-,16+/m0/s1. The number of carbonyl (C=O) groups excluding carboxylic acids is 2. The Labute approximate surface area is 174 Å². The molecule has 1 N–H and O–H groups in total. The predicted octanol–water partition coefficient (Wildman–Crippen LogP) is 3.18. The molecule has 0 unspecified atom stereocenters. The Morgan fingerprint density at radius 2 is 2.21 bits per heavy atom. The Morgan fingerprint density at radius 1 is 1.43 bits per heavy atom. The molecular formula is C20H24ClN3O3S. The van der Waals surface area contributed by atoms with Crippen molar-refractivity contribution in [3.8, 4) is 5.75 Å². The molecular weight excluding hydrogens is 398 g/mol. The number of thiophene rings is 1. The number of rotatable bonds is 7. The molecule has 2 atom stereocenters. The maximum absolute atomic E-state index is 12.7. The number of ether oxygens (including phenoxy) is 1. The third-order valence-electron chi connectivity index (χ3n) is 4.89. The highest BCUT2D eigenvalue weighted by Crippen LogP contribution is 2.35. The van der Waals surface area contributed by atoms with E-state index in [4.69, 9.17) is 16.3 Å². The number of hydrogen-bond acceptors (Lipinski definition) is 5. The lowest BCUT2D eigenvalue weighted by Crippen LogP contribution is -2.38. The van der Waals surface area contributed by atoms with Crippen LogP contribution >= 0.6 is 22.9 Å². The average molecular weight is 422 g/mol. The zero-order valence-corrected chi connectivity index (χ0v) is 17.7. The van der Waals surface area contributed by atoms with E-state index in [-0.39, 0.29) is 24.3 Å². The number of benzene rings is 1. The lowest BCUT2D eigenvalue weighted by molar-refractivity contribution is -0.126. The third-order valence-corrected chi connectivity index (χ3v) is 6.10. The number of anilines is 1. The molecule has 1 aromatic carbocycles. The van der Waals surface area contributed by atoms with Crippen LogP contribution < -0.4 is 15.0 Å². The molecule has 0 bridgehead atoms. The minimum atomic E-state index is -0.401. The number of hydrogen-bond donors (Lipinski definition) is 1. The van der Waals surface area contributed by atoms with Crippen molar-refractivity contribution in [2.24, 2.45) is 5.92 Å². The van der Waals surface area contributed by atoms with Crippen molar-refractivity contribution in [2.45, 2.75) is 12.5 Å². The van der Waals surface area contributed by atoms with E-state index >= 15 is 0 Å². The molecule has 28 heavy (non-hydrogen) atoms. The number of amides is 2. The van der Waals surface area contributed by atoms with Crippen molar-refractivity contribution < 1.29 is 14.3 Å². The van der Waals surface area contributed by atoms with E-state index in [0.717, 1.165) is 0 Å². The topological polar surface area (TPSA) is 61.9 Å². The Morgan fingerprint density at radius 3 is 2.86 bits per heavy atom. The van der Waals surface area contributed by atoms with Gasteiger partial charge in [-0.25, -0.2) is 0 Å². The van der Waals surface area contributed by atoms with Gasteiger partial charge in [0.2, 0.25) is 11.8 Å². The second-order valence-corrected chi connectivity index (χ2v) is 8.38. The van der Waals surface area contributed by atoms with Crippen molar-refractivity contribution in [1.82, 2.24) is 10.2 Å². The summed E-state index contributed by atoms with van der Waals surface area (Å²) in [6.07, 6.45) is 0.174. The Bertz CT molecular complexity index is 841. The summed E-state index contributed by atoms with van der Waals surface area (Å²) in [5.41, 5.74) is 0.597. The van der Waals surface area contributed by atoms with Crippen LogP contribution in [0.4, 0.5) is 5.69 Å². The highest BCUT2D eigenvalue weighted by Gasteiger charge is 2.36. The van der Waals surface area contributed by atoms with E-state index in [1.165, 1.54) is 4.88 Å². The van der Waals surface area contributed by atoms with E-state index in [1.807, 2.05) is 25.5 Å². The smallest absolute Gasteiger partial charge is 0.227 e. The SMILES string of the molecule is COc1ccc(Cl)cc1N1C[C@@H](C(=O)NC[C@H](c2cccs2)N(C)C)CC1=O. The molecule has 0 radical (unpaired) electrons. The zero-order chi connectivity index (χ0) is 20.3. The number of nitrogens with one attached hydrogen (secondary N) is 1. The van der Waals surface area contributed by atoms with Crippen LogP contribution in [0.5, 0.6) is 5.75 Å². The molecule has 1 aliphatic rings. The van der Waals surface area contributed by atoms with Gasteiger partial charge in [-0.2, -0.15) is 0 Å². The predicted molar refractivity (Wildman–Crippen MR) is 112 cm³/mol. The second-order valence-electron chi connectivity index (χ2n) is 6.96. The summed E-state index contributed by atoms with van der Waals surface area (Å²) < 4.78 is 5.35. The second kappa shape index (κ2) is 8.94. The molecule has 6 nitrogen and oxygen atoms in total. The Hall–Kier alpha value is -2.09. The maximum Gasteiger partial charge on any atom is 0.227 e. The minimum absolute atomic E-state index is 0.102. The van der Waals surface area contributed by atoms with Gasteiger partial charge in [-0.1, -0.05) is 17.7 Å². The number of nitrogens with zero attached hydrogens (tertiary/aromatic N) is 2. The zero-order valence-electron chi connectivity index (χ0n) is 16.1. The first-order valence-electron chi connectivity index (χ1n) is 9.02. The third kappa shape index (κ3) is 4.48. The number of likely N-dealkylation sites (N-methyl/N-ethyl adjacent to an activating group) is 1. The van der Waals surface area contributed by atoms with E-state index in [9.17, 15) is 9.59 Å². The highest BCUT2D eigenvalue weighted by atomic mass is 35.5. The highest BCUT2D eigenvalue weighted by molar-refractivity contribution is 7.10. The lowest BCUT2D eigenvalue weighted by Gasteiger charge is -2.24. The molecule has 0 aliphatic carbocycles. The van der Waals surface area contributed by atoms with Gasteiger partial charge in [-0.15, -0.1) is 11.3 Å². The quantitative estimate of drug-likeness (QED) is 0.745. The number of methoxy groups -OCH3 is 1. The van der Waals surface area contributed by atoms with Crippen LogP contribution in [-0.2, 0) is 9.59 Å². The first-order chi connectivity index (χ1) is 13.4. The fourth-order valence-electron chi connectivity index (χ4n) is 3.35. The van der Waals surface area contributed by atoms with Gasteiger partial charge >= 0.3 is 0 Å².